The summed E-state index contributed by atoms with van der Waals surface area (Å²) in [4.78, 5) is 27.0. The van der Waals surface area contributed by atoms with Gasteiger partial charge in [0, 0.05) is 6.04 Å². The summed E-state index contributed by atoms with van der Waals surface area (Å²) in [5.74, 6) is 0.575. The van der Waals surface area contributed by atoms with Gasteiger partial charge in [0.2, 0.25) is 0 Å². The van der Waals surface area contributed by atoms with Crippen molar-refractivity contribution in [2.75, 3.05) is 0 Å². The number of nitrogens with zero attached hydrogens (tertiary/aromatic N) is 1. The summed E-state index contributed by atoms with van der Waals surface area (Å²) >= 11 is 5.97. The van der Waals surface area contributed by atoms with E-state index in [0.717, 1.165) is 19.3 Å². The molecule has 5 heteroatoms. The Morgan fingerprint density at radius 3 is 2.50 bits per heavy atom. The van der Waals surface area contributed by atoms with Gasteiger partial charge in [-0.1, -0.05) is 32.4 Å². The molecule has 0 amide bonds. The van der Waals surface area contributed by atoms with Crippen LogP contribution < -0.4 is 11.2 Å². The minimum absolute atomic E-state index is 0.00641. The van der Waals surface area contributed by atoms with E-state index < -0.39 is 0 Å². The number of rotatable bonds is 2. The van der Waals surface area contributed by atoms with Gasteiger partial charge in [0.25, 0.3) is 5.56 Å². The van der Waals surface area contributed by atoms with E-state index in [2.05, 4.69) is 11.9 Å². The number of hydrogen-bond acceptors (Lipinski definition) is 2. The molecule has 1 N–H and O–H groups in total. The molecule has 0 aliphatic heterocycles. The number of hydrogen-bond donors (Lipinski definition) is 1. The lowest BCUT2D eigenvalue weighted by Gasteiger charge is -2.16. The van der Waals surface area contributed by atoms with E-state index in [0.29, 0.717) is 11.5 Å². The largest absolute Gasteiger partial charge is 0.329 e. The van der Waals surface area contributed by atoms with Crippen molar-refractivity contribution >= 4 is 11.6 Å². The highest BCUT2D eigenvalue weighted by atomic mass is 35.5. The lowest BCUT2D eigenvalue weighted by Crippen LogP contribution is -2.39. The smallest absolute Gasteiger partial charge is 0.297 e. The van der Waals surface area contributed by atoms with E-state index in [4.69, 9.17) is 11.6 Å². The molecular formula is C13H19ClN2O2. The molecule has 2 unspecified atom stereocenters. The molecule has 1 aliphatic rings. The normalized spacial score (nSPS) is 23.8. The second-order valence-corrected chi connectivity index (χ2v) is 5.94. The second kappa shape index (κ2) is 4.92. The molecule has 1 fully saturated rings. The van der Waals surface area contributed by atoms with E-state index in [1.54, 1.807) is 0 Å². The number of aromatic nitrogens is 2. The van der Waals surface area contributed by atoms with Gasteiger partial charge < -0.3 is 0 Å². The zero-order valence-corrected chi connectivity index (χ0v) is 11.8. The van der Waals surface area contributed by atoms with Crippen LogP contribution in [-0.2, 0) is 0 Å². The van der Waals surface area contributed by atoms with E-state index in [1.165, 1.54) is 4.57 Å². The van der Waals surface area contributed by atoms with Crippen molar-refractivity contribution in [3.05, 3.63) is 31.6 Å². The molecular weight excluding hydrogens is 252 g/mol. The third-order valence-corrected chi connectivity index (χ3v) is 4.03. The fourth-order valence-electron chi connectivity index (χ4n) is 2.78. The maximum atomic E-state index is 12.4. The second-order valence-electron chi connectivity index (χ2n) is 5.56. The van der Waals surface area contributed by atoms with Crippen LogP contribution in [0.2, 0.25) is 5.15 Å². The summed E-state index contributed by atoms with van der Waals surface area (Å²) in [6, 6.07) is 0.0195. The molecule has 0 radical (unpaired) electrons. The predicted octanol–water partition coefficient (Wildman–Crippen LogP) is 2.67. The van der Waals surface area contributed by atoms with E-state index in [9.17, 15) is 9.59 Å². The highest BCUT2D eigenvalue weighted by molar-refractivity contribution is 6.30. The van der Waals surface area contributed by atoms with Gasteiger partial charge in [-0.15, -0.1) is 0 Å². The molecule has 2 rings (SSSR count). The van der Waals surface area contributed by atoms with Gasteiger partial charge in [0.1, 0.15) is 5.15 Å². The van der Waals surface area contributed by atoms with Crippen LogP contribution in [0, 0.1) is 5.92 Å². The summed E-state index contributed by atoms with van der Waals surface area (Å²) in [6.45, 7) is 5.96. The summed E-state index contributed by atoms with van der Waals surface area (Å²) in [6.07, 6.45) is 2.85. The van der Waals surface area contributed by atoms with Crippen LogP contribution in [-0.4, -0.2) is 9.55 Å². The monoisotopic (exact) mass is 270 g/mol. The molecule has 0 spiro atoms. The summed E-state index contributed by atoms with van der Waals surface area (Å²) in [5, 5.41) is 0.183. The van der Waals surface area contributed by atoms with Crippen molar-refractivity contribution in [3.63, 3.8) is 0 Å². The Labute approximate surface area is 111 Å². The summed E-state index contributed by atoms with van der Waals surface area (Å²) in [7, 11) is 0. The number of halogens is 1. The molecule has 0 saturated heterocycles. The van der Waals surface area contributed by atoms with Crippen molar-refractivity contribution < 1.29 is 0 Å². The SMILES string of the molecule is CC1CCC(n2c(=O)[nH]c(Cl)c(C(C)C)c2=O)C1. The van der Waals surface area contributed by atoms with Crippen LogP contribution in [0.4, 0.5) is 0 Å². The van der Waals surface area contributed by atoms with Gasteiger partial charge in [-0.3, -0.25) is 14.3 Å². The molecule has 18 heavy (non-hydrogen) atoms. The Hall–Kier alpha value is -1.03. The zero-order valence-electron chi connectivity index (χ0n) is 11.0. The van der Waals surface area contributed by atoms with Crippen molar-refractivity contribution in [1.29, 1.82) is 0 Å². The molecule has 100 valence electrons. The Kier molecular flexibility index (Phi) is 3.66. The van der Waals surface area contributed by atoms with E-state index in [-0.39, 0.29) is 28.4 Å². The van der Waals surface area contributed by atoms with E-state index in [1.807, 2.05) is 13.8 Å². The standard InChI is InChI=1S/C13H19ClN2O2/c1-7(2)10-11(14)15-13(18)16(12(10)17)9-5-4-8(3)6-9/h7-9H,4-6H2,1-3H3,(H,15,18). The Bertz CT molecular complexity index is 559. The maximum absolute atomic E-state index is 12.4. The highest BCUT2D eigenvalue weighted by Crippen LogP contribution is 2.32. The van der Waals surface area contributed by atoms with Gasteiger partial charge in [-0.2, -0.15) is 0 Å². The van der Waals surface area contributed by atoms with Crippen molar-refractivity contribution in [2.24, 2.45) is 5.92 Å². The first-order valence-corrected chi connectivity index (χ1v) is 6.83. The lowest BCUT2D eigenvalue weighted by atomic mass is 10.1. The Morgan fingerprint density at radius 1 is 1.33 bits per heavy atom. The fraction of sp³-hybridized carbons (Fsp3) is 0.692. The zero-order chi connectivity index (χ0) is 13.4. The first-order valence-electron chi connectivity index (χ1n) is 6.46. The van der Waals surface area contributed by atoms with Gasteiger partial charge in [0.05, 0.1) is 5.56 Å². The minimum atomic E-state index is -0.381. The van der Waals surface area contributed by atoms with E-state index >= 15 is 0 Å². The Balaban J connectivity index is 2.58. The molecule has 1 aromatic heterocycles. The lowest BCUT2D eigenvalue weighted by molar-refractivity contribution is 0.456. The first-order chi connectivity index (χ1) is 8.41. The first kappa shape index (κ1) is 13.4. The van der Waals surface area contributed by atoms with Crippen LogP contribution in [0.1, 0.15) is 57.6 Å². The van der Waals surface area contributed by atoms with Crippen LogP contribution >= 0.6 is 11.6 Å². The van der Waals surface area contributed by atoms with Gasteiger partial charge >= 0.3 is 5.69 Å². The molecule has 0 bridgehead atoms. The third-order valence-electron chi connectivity index (χ3n) is 3.73. The van der Waals surface area contributed by atoms with Gasteiger partial charge in [0.15, 0.2) is 0 Å². The topological polar surface area (TPSA) is 54.9 Å². The van der Waals surface area contributed by atoms with Crippen molar-refractivity contribution in [3.8, 4) is 0 Å². The third kappa shape index (κ3) is 2.26. The van der Waals surface area contributed by atoms with Crippen LogP contribution in [0.15, 0.2) is 9.59 Å². The average molecular weight is 271 g/mol. The summed E-state index contributed by atoms with van der Waals surface area (Å²) < 4.78 is 1.37. The molecule has 4 nitrogen and oxygen atoms in total. The molecule has 2 atom stereocenters. The van der Waals surface area contributed by atoms with Gasteiger partial charge in [-0.05, 0) is 31.1 Å². The van der Waals surface area contributed by atoms with Crippen LogP contribution in [0.3, 0.4) is 0 Å². The molecule has 1 saturated carbocycles. The maximum Gasteiger partial charge on any atom is 0.329 e. The predicted molar refractivity (Wildman–Crippen MR) is 72.5 cm³/mol. The summed E-state index contributed by atoms with van der Waals surface area (Å²) in [5.41, 5.74) is -0.0952. The number of aromatic amines is 1. The molecule has 0 aromatic carbocycles. The van der Waals surface area contributed by atoms with Crippen molar-refractivity contribution in [2.45, 2.75) is 52.0 Å². The van der Waals surface area contributed by atoms with Crippen LogP contribution in [0.25, 0.3) is 0 Å². The number of H-pyrrole nitrogens is 1. The minimum Gasteiger partial charge on any atom is -0.297 e. The average Bonchev–Trinajstić information content (AvgIpc) is 2.63. The quantitative estimate of drug-likeness (QED) is 0.840. The van der Waals surface area contributed by atoms with Gasteiger partial charge in [-0.25, -0.2) is 4.79 Å². The molecule has 1 heterocycles. The fourth-order valence-corrected chi connectivity index (χ4v) is 3.16. The Morgan fingerprint density at radius 2 is 2.00 bits per heavy atom. The molecule has 1 aromatic rings. The number of nitrogens with one attached hydrogen (secondary N) is 1. The highest BCUT2D eigenvalue weighted by Gasteiger charge is 2.27. The molecule has 1 aliphatic carbocycles. The van der Waals surface area contributed by atoms with Crippen LogP contribution in [0.5, 0.6) is 0 Å². The van der Waals surface area contributed by atoms with Crippen molar-refractivity contribution in [1.82, 2.24) is 9.55 Å².